The molecule has 19 heavy (non-hydrogen) atoms. The number of para-hydroxylation sites is 2. The van der Waals surface area contributed by atoms with Gasteiger partial charge >= 0.3 is 0 Å². The van der Waals surface area contributed by atoms with Gasteiger partial charge < -0.3 is 24.7 Å². The fourth-order valence-corrected chi connectivity index (χ4v) is 2.56. The maximum Gasteiger partial charge on any atom is 0.142 e. The Morgan fingerprint density at radius 2 is 2.00 bits per heavy atom. The van der Waals surface area contributed by atoms with Gasteiger partial charge in [0.1, 0.15) is 18.4 Å². The molecule has 2 rings (SSSR count). The van der Waals surface area contributed by atoms with Crippen molar-refractivity contribution in [2.45, 2.75) is 6.10 Å². The van der Waals surface area contributed by atoms with Crippen LogP contribution in [-0.4, -0.2) is 62.8 Å². The fourth-order valence-electron chi connectivity index (χ4n) is 2.56. The summed E-state index contributed by atoms with van der Waals surface area (Å²) in [6.07, 6.45) is -0.604. The van der Waals surface area contributed by atoms with Gasteiger partial charge in [0.05, 0.1) is 45.6 Å². The van der Waals surface area contributed by atoms with Crippen molar-refractivity contribution in [1.82, 2.24) is 0 Å². The third-order valence-corrected chi connectivity index (χ3v) is 3.63. The predicted molar refractivity (Wildman–Crippen MR) is 73.9 cm³/mol. The van der Waals surface area contributed by atoms with Gasteiger partial charge in [-0.2, -0.15) is 0 Å². The first-order valence-corrected chi connectivity index (χ1v) is 6.75. The summed E-state index contributed by atoms with van der Waals surface area (Å²) in [5.41, 5.74) is 1.13. The molecular formula is C14H23N2O3+. The number of hydrogen-bond donors (Lipinski definition) is 3. The summed E-state index contributed by atoms with van der Waals surface area (Å²) in [4.78, 5) is 3.65. The van der Waals surface area contributed by atoms with Crippen molar-refractivity contribution in [3.05, 3.63) is 24.3 Å². The molecule has 3 N–H and O–H groups in total. The number of anilines is 1. The second-order valence-corrected chi connectivity index (χ2v) is 4.95. The van der Waals surface area contributed by atoms with Crippen LogP contribution in [0, 0.1) is 0 Å². The lowest BCUT2D eigenvalue weighted by molar-refractivity contribution is -0.903. The lowest BCUT2D eigenvalue weighted by Gasteiger charge is -2.34. The number of benzene rings is 1. The quantitative estimate of drug-likeness (QED) is 0.624. The number of nitrogens with one attached hydrogen (secondary N) is 1. The van der Waals surface area contributed by atoms with Crippen molar-refractivity contribution in [3.63, 3.8) is 0 Å². The van der Waals surface area contributed by atoms with Gasteiger partial charge in [-0.15, -0.1) is 0 Å². The van der Waals surface area contributed by atoms with E-state index >= 15 is 0 Å². The van der Waals surface area contributed by atoms with Crippen LogP contribution in [0.2, 0.25) is 0 Å². The minimum atomic E-state index is -0.604. The van der Waals surface area contributed by atoms with E-state index in [1.807, 2.05) is 18.2 Å². The van der Waals surface area contributed by atoms with Gasteiger partial charge in [0.2, 0.25) is 0 Å². The fraction of sp³-hybridized carbons (Fsp3) is 0.571. The summed E-state index contributed by atoms with van der Waals surface area (Å²) >= 11 is 0. The molecule has 1 fully saturated rings. The number of hydrogen-bond acceptors (Lipinski definition) is 4. The average Bonchev–Trinajstić information content (AvgIpc) is 2.48. The van der Waals surface area contributed by atoms with Gasteiger partial charge in [-0.25, -0.2) is 0 Å². The van der Waals surface area contributed by atoms with Gasteiger partial charge in [0.25, 0.3) is 0 Å². The minimum Gasteiger partial charge on any atom is -0.495 e. The van der Waals surface area contributed by atoms with E-state index in [1.165, 1.54) is 4.90 Å². The standard InChI is InChI=1S/C14H22N2O3/c1-19-14-5-3-2-4-13(14)16-8-6-15(7-9-16)10-12(18)11-17/h2-5,12,17-18H,6-11H2,1H3/p+1/t12-/m1/s1. The normalized spacial score (nSPS) is 18.4. The second kappa shape index (κ2) is 6.75. The summed E-state index contributed by atoms with van der Waals surface area (Å²) in [6.45, 7) is 4.28. The second-order valence-electron chi connectivity index (χ2n) is 4.95. The smallest absolute Gasteiger partial charge is 0.142 e. The average molecular weight is 267 g/mol. The highest BCUT2D eigenvalue weighted by atomic mass is 16.5. The van der Waals surface area contributed by atoms with E-state index in [2.05, 4.69) is 11.0 Å². The third-order valence-electron chi connectivity index (χ3n) is 3.63. The van der Waals surface area contributed by atoms with E-state index < -0.39 is 6.10 Å². The van der Waals surface area contributed by atoms with Crippen LogP contribution in [0.15, 0.2) is 24.3 Å². The number of aliphatic hydroxyl groups excluding tert-OH is 2. The molecular weight excluding hydrogens is 244 g/mol. The Morgan fingerprint density at radius 1 is 1.32 bits per heavy atom. The highest BCUT2D eigenvalue weighted by molar-refractivity contribution is 5.58. The number of piperazine rings is 1. The molecule has 1 aliphatic rings. The Labute approximate surface area is 114 Å². The third kappa shape index (κ3) is 3.59. The van der Waals surface area contributed by atoms with E-state index in [9.17, 15) is 5.11 Å². The van der Waals surface area contributed by atoms with Crippen molar-refractivity contribution in [1.29, 1.82) is 0 Å². The van der Waals surface area contributed by atoms with Crippen LogP contribution in [0.1, 0.15) is 0 Å². The molecule has 0 aromatic heterocycles. The number of quaternary nitrogens is 1. The van der Waals surface area contributed by atoms with Crippen molar-refractivity contribution in [3.8, 4) is 5.75 Å². The molecule has 1 aromatic carbocycles. The van der Waals surface area contributed by atoms with Gasteiger partial charge in [-0.3, -0.25) is 0 Å². The zero-order valence-electron chi connectivity index (χ0n) is 11.4. The summed E-state index contributed by atoms with van der Waals surface area (Å²) in [6, 6.07) is 8.05. The molecule has 1 atom stereocenters. The van der Waals surface area contributed by atoms with Crippen LogP contribution < -0.4 is 14.5 Å². The number of ether oxygens (including phenoxy) is 1. The van der Waals surface area contributed by atoms with E-state index in [1.54, 1.807) is 7.11 Å². The first kappa shape index (κ1) is 14.1. The highest BCUT2D eigenvalue weighted by Gasteiger charge is 2.23. The van der Waals surface area contributed by atoms with E-state index in [0.29, 0.717) is 6.54 Å². The molecule has 5 heteroatoms. The minimum absolute atomic E-state index is 0.153. The van der Waals surface area contributed by atoms with Gasteiger partial charge in [-0.05, 0) is 12.1 Å². The molecule has 1 aromatic rings. The summed E-state index contributed by atoms with van der Waals surface area (Å²) in [7, 11) is 1.69. The first-order chi connectivity index (χ1) is 9.24. The lowest BCUT2D eigenvalue weighted by Crippen LogP contribution is -3.16. The molecule has 0 radical (unpaired) electrons. The van der Waals surface area contributed by atoms with Crippen LogP contribution in [-0.2, 0) is 0 Å². The number of aliphatic hydroxyl groups is 2. The van der Waals surface area contributed by atoms with Crippen LogP contribution in [0.4, 0.5) is 5.69 Å². The van der Waals surface area contributed by atoms with Crippen molar-refractivity contribution in [2.24, 2.45) is 0 Å². The van der Waals surface area contributed by atoms with Crippen LogP contribution >= 0.6 is 0 Å². The highest BCUT2D eigenvalue weighted by Crippen LogP contribution is 2.27. The molecule has 106 valence electrons. The van der Waals surface area contributed by atoms with Gasteiger partial charge in [-0.1, -0.05) is 12.1 Å². The lowest BCUT2D eigenvalue weighted by atomic mass is 10.2. The Kier molecular flexibility index (Phi) is 5.01. The molecule has 0 bridgehead atoms. The van der Waals surface area contributed by atoms with Gasteiger partial charge in [0, 0.05) is 0 Å². The number of methoxy groups -OCH3 is 1. The van der Waals surface area contributed by atoms with Crippen molar-refractivity contribution in [2.75, 3.05) is 51.3 Å². The summed E-state index contributed by atoms with van der Waals surface area (Å²) in [5.74, 6) is 0.904. The zero-order valence-corrected chi connectivity index (χ0v) is 11.4. The molecule has 0 saturated carbocycles. The van der Waals surface area contributed by atoms with Gasteiger partial charge in [0.15, 0.2) is 0 Å². The van der Waals surface area contributed by atoms with Crippen LogP contribution in [0.3, 0.4) is 0 Å². The van der Waals surface area contributed by atoms with E-state index in [4.69, 9.17) is 9.84 Å². The predicted octanol–water partition coefficient (Wildman–Crippen LogP) is -1.25. The molecule has 1 heterocycles. The molecule has 1 aliphatic heterocycles. The van der Waals surface area contributed by atoms with E-state index in [-0.39, 0.29) is 6.61 Å². The maximum atomic E-state index is 9.47. The SMILES string of the molecule is COc1ccccc1N1CC[NH+](C[C@@H](O)CO)CC1. The molecule has 1 saturated heterocycles. The van der Waals surface area contributed by atoms with Crippen molar-refractivity contribution >= 4 is 5.69 Å². The van der Waals surface area contributed by atoms with E-state index in [0.717, 1.165) is 37.6 Å². The maximum absolute atomic E-state index is 9.47. The van der Waals surface area contributed by atoms with Crippen LogP contribution in [0.25, 0.3) is 0 Å². The Bertz CT molecular complexity index is 392. The Balaban J connectivity index is 1.92. The molecule has 0 spiro atoms. The Morgan fingerprint density at radius 3 is 2.63 bits per heavy atom. The topological polar surface area (TPSA) is 57.4 Å². The zero-order chi connectivity index (χ0) is 13.7. The largest absolute Gasteiger partial charge is 0.495 e. The molecule has 0 aliphatic carbocycles. The number of nitrogens with zero attached hydrogens (tertiary/aromatic N) is 1. The molecule has 0 amide bonds. The molecule has 5 nitrogen and oxygen atoms in total. The molecule has 0 unspecified atom stereocenters. The Hall–Kier alpha value is -1.30. The monoisotopic (exact) mass is 267 g/mol. The number of rotatable bonds is 5. The first-order valence-electron chi connectivity index (χ1n) is 6.75. The van der Waals surface area contributed by atoms with Crippen molar-refractivity contribution < 1.29 is 19.8 Å². The summed E-state index contributed by atoms with van der Waals surface area (Å²) < 4.78 is 5.39. The van der Waals surface area contributed by atoms with Crippen LogP contribution in [0.5, 0.6) is 5.75 Å². The summed E-state index contributed by atoms with van der Waals surface area (Å²) in [5, 5.41) is 18.3.